The van der Waals surface area contributed by atoms with Gasteiger partial charge in [-0.25, -0.2) is 0 Å². The fourth-order valence-electron chi connectivity index (χ4n) is 2.57. The highest BCUT2D eigenvalue weighted by molar-refractivity contribution is 7.99. The molecule has 4 nitrogen and oxygen atoms in total. The first-order chi connectivity index (χ1) is 12.7. The normalized spacial score (nSPS) is 17.1. The second-order valence-electron chi connectivity index (χ2n) is 6.22. The van der Waals surface area contributed by atoms with Crippen LogP contribution < -0.4 is 0 Å². The lowest BCUT2D eigenvalue weighted by Crippen LogP contribution is -2.20. The Morgan fingerprint density at radius 2 is 1.85 bits per heavy atom. The van der Waals surface area contributed by atoms with E-state index in [9.17, 15) is 22.8 Å². The molecule has 1 fully saturated rings. The molecule has 0 spiro atoms. The summed E-state index contributed by atoms with van der Waals surface area (Å²) in [5.74, 6) is -1.96. The summed E-state index contributed by atoms with van der Waals surface area (Å²) in [5.41, 5.74) is 1.04. The van der Waals surface area contributed by atoms with E-state index in [1.54, 1.807) is 17.8 Å². The summed E-state index contributed by atoms with van der Waals surface area (Å²) in [7, 11) is 0. The third-order valence-electron chi connectivity index (χ3n) is 3.96. The third kappa shape index (κ3) is 9.70. The Hall–Kier alpha value is -1.70. The molecule has 1 saturated heterocycles. The number of hydrogen-bond donors (Lipinski definition) is 0. The van der Waals surface area contributed by atoms with E-state index in [-0.39, 0.29) is 17.6 Å². The van der Waals surface area contributed by atoms with E-state index in [1.165, 1.54) is 6.92 Å². The van der Waals surface area contributed by atoms with Crippen molar-refractivity contribution in [2.24, 2.45) is 0 Å². The molecule has 1 atom stereocenters. The van der Waals surface area contributed by atoms with Crippen LogP contribution in [0, 0.1) is 0 Å². The van der Waals surface area contributed by atoms with Gasteiger partial charge in [0.2, 0.25) is 0 Å². The van der Waals surface area contributed by atoms with Crippen LogP contribution in [0.5, 0.6) is 0 Å². The molecule has 1 aliphatic rings. The number of carbonyl (C=O) groups is 2. The maximum atomic E-state index is 12.1. The van der Waals surface area contributed by atoms with Crippen LogP contribution in [-0.4, -0.2) is 53.8 Å². The molecule has 27 heavy (non-hydrogen) atoms. The zero-order valence-corrected chi connectivity index (χ0v) is 16.4. The van der Waals surface area contributed by atoms with Crippen LogP contribution in [0.3, 0.4) is 0 Å². The zero-order chi connectivity index (χ0) is 20.3. The van der Waals surface area contributed by atoms with Crippen molar-refractivity contribution in [3.05, 3.63) is 36.3 Å². The zero-order valence-electron chi connectivity index (χ0n) is 15.6. The molecule has 1 rings (SSSR count). The second kappa shape index (κ2) is 11.9. The van der Waals surface area contributed by atoms with Crippen LogP contribution in [0.1, 0.15) is 32.6 Å². The molecule has 1 aliphatic heterocycles. The first-order valence-corrected chi connectivity index (χ1v) is 10.1. The monoisotopic (exact) mass is 405 g/mol. The van der Waals surface area contributed by atoms with Crippen molar-refractivity contribution in [1.29, 1.82) is 0 Å². The molecule has 0 amide bonds. The molecule has 0 saturated carbocycles. The van der Waals surface area contributed by atoms with E-state index in [2.05, 4.69) is 11.1 Å². The van der Waals surface area contributed by atoms with Crippen molar-refractivity contribution < 1.29 is 27.5 Å². The van der Waals surface area contributed by atoms with Crippen LogP contribution in [0.4, 0.5) is 13.2 Å². The Morgan fingerprint density at radius 3 is 2.41 bits per heavy atom. The molecule has 0 aromatic carbocycles. The molecule has 1 unspecified atom stereocenters. The van der Waals surface area contributed by atoms with Gasteiger partial charge in [-0.1, -0.05) is 6.08 Å². The SMILES string of the molecule is CSC(CCCO/C=C/C(=O)C(F)(F)F)C(/C=C\C(C)=O)=C\N1CCCC1. The summed E-state index contributed by atoms with van der Waals surface area (Å²) >= 11 is 1.65. The summed E-state index contributed by atoms with van der Waals surface area (Å²) in [6.07, 6.45) is 7.43. The van der Waals surface area contributed by atoms with Crippen LogP contribution in [0.25, 0.3) is 0 Å². The summed E-state index contributed by atoms with van der Waals surface area (Å²) < 4.78 is 41.2. The number of thioether (sulfide) groups is 1. The van der Waals surface area contributed by atoms with Crippen LogP contribution in [0.15, 0.2) is 36.3 Å². The third-order valence-corrected chi connectivity index (χ3v) is 5.04. The lowest BCUT2D eigenvalue weighted by Gasteiger charge is -2.20. The van der Waals surface area contributed by atoms with E-state index in [0.29, 0.717) is 12.5 Å². The van der Waals surface area contributed by atoms with Crippen LogP contribution in [0.2, 0.25) is 0 Å². The average molecular weight is 405 g/mol. The highest BCUT2D eigenvalue weighted by Gasteiger charge is 2.36. The number of rotatable bonds is 11. The fraction of sp³-hybridized carbons (Fsp3) is 0.579. The molecule has 0 aromatic rings. The molecular formula is C19H26F3NO3S. The molecule has 0 N–H and O–H groups in total. The second-order valence-corrected chi connectivity index (χ2v) is 7.26. The van der Waals surface area contributed by atoms with Crippen LogP contribution in [-0.2, 0) is 14.3 Å². The molecule has 1 heterocycles. The number of allylic oxidation sites excluding steroid dienone is 3. The van der Waals surface area contributed by atoms with Gasteiger partial charge in [0.25, 0.3) is 5.78 Å². The molecule has 0 aliphatic carbocycles. The minimum atomic E-state index is -4.87. The standard InChI is InChI=1S/C19H26F3NO3S/c1-15(24)7-8-16(14-23-10-3-4-11-23)17(27-2)6-5-12-26-13-9-18(25)19(20,21)22/h7-9,13-14,17H,3-6,10-12H2,1-2H3/b8-7-,13-9+,16-14-. The van der Waals surface area contributed by atoms with Gasteiger partial charge in [-0.3, -0.25) is 9.59 Å². The Labute approximate surface area is 162 Å². The van der Waals surface area contributed by atoms with E-state index in [1.807, 2.05) is 12.3 Å². The lowest BCUT2D eigenvalue weighted by atomic mass is 10.1. The number of nitrogens with zero attached hydrogens (tertiary/aromatic N) is 1. The van der Waals surface area contributed by atoms with Gasteiger partial charge in [-0.2, -0.15) is 24.9 Å². The first-order valence-electron chi connectivity index (χ1n) is 8.80. The Morgan fingerprint density at radius 1 is 1.19 bits per heavy atom. The van der Waals surface area contributed by atoms with Crippen molar-refractivity contribution >= 4 is 23.3 Å². The number of carbonyl (C=O) groups excluding carboxylic acids is 2. The van der Waals surface area contributed by atoms with E-state index in [4.69, 9.17) is 4.74 Å². The highest BCUT2D eigenvalue weighted by Crippen LogP contribution is 2.25. The summed E-state index contributed by atoms with van der Waals surface area (Å²) in [6, 6.07) is 0. The molecular weight excluding hydrogens is 379 g/mol. The Balaban J connectivity index is 2.55. The first kappa shape index (κ1) is 23.3. The van der Waals surface area contributed by atoms with Crippen molar-refractivity contribution in [3.63, 3.8) is 0 Å². The van der Waals surface area contributed by atoms with E-state index < -0.39 is 12.0 Å². The quantitative estimate of drug-likeness (QED) is 0.222. The molecule has 8 heteroatoms. The van der Waals surface area contributed by atoms with Crippen molar-refractivity contribution in [2.45, 2.75) is 44.0 Å². The predicted molar refractivity (Wildman–Crippen MR) is 101 cm³/mol. The lowest BCUT2D eigenvalue weighted by molar-refractivity contribution is -0.165. The van der Waals surface area contributed by atoms with E-state index >= 15 is 0 Å². The molecule has 0 radical (unpaired) electrons. The van der Waals surface area contributed by atoms with Gasteiger partial charge in [0.05, 0.1) is 12.9 Å². The van der Waals surface area contributed by atoms with Gasteiger partial charge in [-0.05, 0) is 50.5 Å². The minimum Gasteiger partial charge on any atom is -0.501 e. The van der Waals surface area contributed by atoms with Gasteiger partial charge in [0, 0.05) is 30.6 Å². The van der Waals surface area contributed by atoms with Gasteiger partial charge in [0.15, 0.2) is 5.78 Å². The van der Waals surface area contributed by atoms with Crippen LogP contribution >= 0.6 is 11.8 Å². The van der Waals surface area contributed by atoms with Crippen molar-refractivity contribution in [3.8, 4) is 0 Å². The van der Waals surface area contributed by atoms with Gasteiger partial charge in [-0.15, -0.1) is 0 Å². The van der Waals surface area contributed by atoms with Gasteiger partial charge in [0.1, 0.15) is 0 Å². The summed E-state index contributed by atoms with van der Waals surface area (Å²) in [4.78, 5) is 24.2. The maximum absolute atomic E-state index is 12.1. The largest absolute Gasteiger partial charge is 0.501 e. The van der Waals surface area contributed by atoms with Gasteiger partial charge >= 0.3 is 6.18 Å². The van der Waals surface area contributed by atoms with E-state index in [0.717, 1.165) is 44.2 Å². The number of likely N-dealkylation sites (tertiary alicyclic amines) is 1. The topological polar surface area (TPSA) is 46.6 Å². The predicted octanol–water partition coefficient (Wildman–Crippen LogP) is 4.28. The van der Waals surface area contributed by atoms with Crippen molar-refractivity contribution in [2.75, 3.05) is 26.0 Å². The van der Waals surface area contributed by atoms with Crippen molar-refractivity contribution in [1.82, 2.24) is 4.90 Å². The van der Waals surface area contributed by atoms with Gasteiger partial charge < -0.3 is 9.64 Å². The summed E-state index contributed by atoms with van der Waals surface area (Å²) in [5, 5.41) is 0.144. The average Bonchev–Trinajstić information content (AvgIpc) is 3.10. The smallest absolute Gasteiger partial charge is 0.454 e. The molecule has 0 bridgehead atoms. The minimum absolute atomic E-state index is 0.0232. The number of hydrogen-bond acceptors (Lipinski definition) is 5. The number of halogens is 3. The maximum Gasteiger partial charge on any atom is 0.454 e. The molecule has 0 aromatic heterocycles. The number of ketones is 2. The fourth-order valence-corrected chi connectivity index (χ4v) is 3.39. The number of ether oxygens (including phenoxy) is 1. The Kier molecular flexibility index (Phi) is 10.3. The highest BCUT2D eigenvalue weighted by atomic mass is 32.2. The molecule has 152 valence electrons. The number of alkyl halides is 3. The Bertz CT molecular complexity index is 579. The summed E-state index contributed by atoms with van der Waals surface area (Å²) in [6.45, 7) is 3.71.